The van der Waals surface area contributed by atoms with Crippen molar-refractivity contribution in [3.8, 4) is 0 Å². The summed E-state index contributed by atoms with van der Waals surface area (Å²) >= 11 is 0. The quantitative estimate of drug-likeness (QED) is 0.0234. The predicted molar refractivity (Wildman–Crippen MR) is 222 cm³/mol. The Balaban J connectivity index is 4.47. The number of allylic oxidation sites excluding steroid dienone is 8. The molecule has 0 rings (SSSR count). The molecule has 0 radical (unpaired) electrons. The Labute approximate surface area is 333 Å². The summed E-state index contributed by atoms with van der Waals surface area (Å²) in [5, 5.41) is 8.88. The van der Waals surface area contributed by atoms with E-state index >= 15 is 0 Å². The van der Waals surface area contributed by atoms with Crippen molar-refractivity contribution in [1.29, 1.82) is 0 Å². The molecule has 1 unspecified atom stereocenters. The number of esters is 2. The summed E-state index contributed by atoms with van der Waals surface area (Å²) in [6, 6.07) is -1.53. The largest absolute Gasteiger partial charge is 0.480 e. The molecule has 0 aliphatic carbocycles. The second-order valence-corrected chi connectivity index (χ2v) is 15.6. The van der Waals surface area contributed by atoms with Gasteiger partial charge in [0.15, 0.2) is 6.10 Å². The molecule has 11 nitrogen and oxygen atoms in total. The lowest BCUT2D eigenvalue weighted by Gasteiger charge is -2.20. The van der Waals surface area contributed by atoms with E-state index in [1.807, 2.05) is 12.2 Å². The third-order valence-corrected chi connectivity index (χ3v) is 9.78. The molecule has 0 spiro atoms. The van der Waals surface area contributed by atoms with Crippen LogP contribution in [0.4, 0.5) is 0 Å². The molecule has 0 aliphatic heterocycles. The molecule has 0 saturated heterocycles. The summed E-state index contributed by atoms with van der Waals surface area (Å²) in [4.78, 5) is 45.9. The van der Waals surface area contributed by atoms with Gasteiger partial charge >= 0.3 is 25.7 Å². The van der Waals surface area contributed by atoms with Gasteiger partial charge in [0.05, 0.1) is 13.2 Å². The summed E-state index contributed by atoms with van der Waals surface area (Å²) < 4.78 is 32.6. The van der Waals surface area contributed by atoms with Crippen molar-refractivity contribution < 1.29 is 47.5 Å². The van der Waals surface area contributed by atoms with Crippen molar-refractivity contribution in [2.24, 2.45) is 5.73 Å². The Bertz CT molecular complexity index is 1120. The summed E-state index contributed by atoms with van der Waals surface area (Å²) in [5.41, 5.74) is 5.32. The topological polar surface area (TPSA) is 172 Å². The van der Waals surface area contributed by atoms with E-state index < -0.39 is 51.1 Å². The Kier molecular flexibility index (Phi) is 36.5. The standard InChI is InChI=1S/C43H76NO10P/c1-3-5-7-9-11-13-15-17-19-20-21-23-24-26-28-30-32-34-41(45)51-36-39(37-52-55(49,50)53-38-40(44)43(47)48)54-42(46)35-33-31-29-27-25-22-18-16-14-12-10-8-6-4-2/h11,13,17,19,21,23,26,28,39-40H,3-10,12,14-16,18,20,22,24-25,27,29-38,44H2,1-2H3,(H,47,48)(H,49,50)/b13-11-,19-17-,23-21-,28-26-/t39-,40+/m1/s1. The number of phosphoric ester groups is 1. The van der Waals surface area contributed by atoms with Crippen molar-refractivity contribution >= 4 is 25.7 Å². The number of carboxylic acids is 1. The SMILES string of the molecule is CCCCC/C=C\C/C=C\C/C=C\C/C=C\CCCC(=O)OC[C@H](COP(=O)(O)OC[C@H](N)C(=O)O)OC(=O)CCCCCCCCCCCCCCCC. The molecule has 0 aromatic heterocycles. The van der Waals surface area contributed by atoms with E-state index in [9.17, 15) is 23.8 Å². The van der Waals surface area contributed by atoms with Gasteiger partial charge in [-0.3, -0.25) is 23.4 Å². The zero-order chi connectivity index (χ0) is 40.7. The molecule has 0 saturated carbocycles. The fraction of sp³-hybridized carbons (Fsp3) is 0.744. The number of unbranched alkanes of at least 4 members (excludes halogenated alkanes) is 17. The Morgan fingerprint density at radius 1 is 0.564 bits per heavy atom. The minimum absolute atomic E-state index is 0.146. The highest BCUT2D eigenvalue weighted by Crippen LogP contribution is 2.43. The van der Waals surface area contributed by atoms with Gasteiger partial charge in [-0.25, -0.2) is 4.57 Å². The Hall–Kier alpha value is -2.56. The van der Waals surface area contributed by atoms with E-state index in [4.69, 9.17) is 24.8 Å². The highest BCUT2D eigenvalue weighted by atomic mass is 31.2. The average molecular weight is 798 g/mol. The molecule has 0 aromatic rings. The first kappa shape index (κ1) is 52.4. The molecule has 318 valence electrons. The second kappa shape index (κ2) is 38.3. The van der Waals surface area contributed by atoms with E-state index in [-0.39, 0.29) is 19.4 Å². The molecule has 55 heavy (non-hydrogen) atoms. The number of rotatable bonds is 39. The van der Waals surface area contributed by atoms with Crippen LogP contribution >= 0.6 is 7.82 Å². The molecule has 0 bridgehead atoms. The first-order valence-corrected chi connectivity index (χ1v) is 22.7. The molecule has 0 aliphatic rings. The van der Waals surface area contributed by atoms with Gasteiger partial charge in [-0.05, 0) is 51.4 Å². The zero-order valence-corrected chi connectivity index (χ0v) is 35.2. The monoisotopic (exact) mass is 798 g/mol. The first-order chi connectivity index (χ1) is 26.6. The van der Waals surface area contributed by atoms with Gasteiger partial charge < -0.3 is 25.2 Å². The van der Waals surface area contributed by atoms with Crippen LogP contribution in [0.3, 0.4) is 0 Å². The van der Waals surface area contributed by atoms with Crippen LogP contribution in [-0.2, 0) is 37.5 Å². The number of ether oxygens (including phenoxy) is 2. The van der Waals surface area contributed by atoms with Crippen LogP contribution in [0.15, 0.2) is 48.6 Å². The van der Waals surface area contributed by atoms with Crippen molar-refractivity contribution in [2.75, 3.05) is 19.8 Å². The Morgan fingerprint density at radius 3 is 1.49 bits per heavy atom. The van der Waals surface area contributed by atoms with Crippen LogP contribution in [0.5, 0.6) is 0 Å². The molecule has 0 amide bonds. The van der Waals surface area contributed by atoms with Crippen molar-refractivity contribution in [2.45, 2.75) is 187 Å². The highest BCUT2D eigenvalue weighted by Gasteiger charge is 2.28. The van der Waals surface area contributed by atoms with E-state index in [0.717, 1.165) is 44.9 Å². The van der Waals surface area contributed by atoms with Crippen LogP contribution < -0.4 is 5.73 Å². The van der Waals surface area contributed by atoms with Gasteiger partial charge in [0, 0.05) is 12.8 Å². The third kappa shape index (κ3) is 38.1. The number of carbonyl (C=O) groups is 3. The number of phosphoric acid groups is 1. The summed E-state index contributed by atoms with van der Waals surface area (Å²) in [6.45, 7) is 2.71. The van der Waals surface area contributed by atoms with Gasteiger partial charge in [-0.2, -0.15) is 0 Å². The van der Waals surface area contributed by atoms with Crippen LogP contribution in [-0.4, -0.2) is 59.9 Å². The van der Waals surface area contributed by atoms with Crippen molar-refractivity contribution in [3.63, 3.8) is 0 Å². The summed E-state index contributed by atoms with van der Waals surface area (Å²) in [6.07, 6.45) is 41.8. The molecule has 0 aromatic carbocycles. The molecule has 0 heterocycles. The molecule has 4 N–H and O–H groups in total. The molecular weight excluding hydrogens is 721 g/mol. The normalized spacial score (nSPS) is 14.3. The lowest BCUT2D eigenvalue weighted by molar-refractivity contribution is -0.161. The van der Waals surface area contributed by atoms with Crippen molar-refractivity contribution in [1.82, 2.24) is 0 Å². The summed E-state index contributed by atoms with van der Waals surface area (Å²) in [5.74, 6) is -2.45. The minimum atomic E-state index is -4.72. The lowest BCUT2D eigenvalue weighted by atomic mass is 10.0. The van der Waals surface area contributed by atoms with Gasteiger partial charge in [0.2, 0.25) is 0 Å². The van der Waals surface area contributed by atoms with Crippen LogP contribution in [0.2, 0.25) is 0 Å². The fourth-order valence-corrected chi connectivity index (χ4v) is 6.25. The lowest BCUT2D eigenvalue weighted by Crippen LogP contribution is -2.34. The second-order valence-electron chi connectivity index (χ2n) is 14.1. The zero-order valence-electron chi connectivity index (χ0n) is 34.3. The van der Waals surface area contributed by atoms with E-state index in [2.05, 4.69) is 54.8 Å². The number of hydrogen-bond donors (Lipinski definition) is 3. The summed E-state index contributed by atoms with van der Waals surface area (Å²) in [7, 11) is -4.72. The predicted octanol–water partition coefficient (Wildman–Crippen LogP) is 11.0. The van der Waals surface area contributed by atoms with Crippen LogP contribution in [0, 0.1) is 0 Å². The van der Waals surface area contributed by atoms with Gasteiger partial charge in [0.1, 0.15) is 12.6 Å². The van der Waals surface area contributed by atoms with E-state index in [0.29, 0.717) is 19.3 Å². The third-order valence-electron chi connectivity index (χ3n) is 8.83. The number of nitrogens with two attached hydrogens (primary N) is 1. The van der Waals surface area contributed by atoms with Crippen LogP contribution in [0.1, 0.15) is 174 Å². The van der Waals surface area contributed by atoms with E-state index in [1.54, 1.807) is 0 Å². The maximum absolute atomic E-state index is 12.6. The molecule has 3 atom stereocenters. The fourth-order valence-electron chi connectivity index (χ4n) is 5.47. The average Bonchev–Trinajstić information content (AvgIpc) is 3.16. The molecule has 12 heteroatoms. The minimum Gasteiger partial charge on any atom is -0.480 e. The molecule has 0 fully saturated rings. The number of hydrogen-bond acceptors (Lipinski definition) is 9. The smallest absolute Gasteiger partial charge is 0.472 e. The van der Waals surface area contributed by atoms with E-state index in [1.165, 1.54) is 83.5 Å². The first-order valence-electron chi connectivity index (χ1n) is 21.2. The molecular formula is C43H76NO10P. The number of carbonyl (C=O) groups excluding carboxylic acids is 2. The van der Waals surface area contributed by atoms with Crippen molar-refractivity contribution in [3.05, 3.63) is 48.6 Å². The number of aliphatic carboxylic acids is 1. The Morgan fingerprint density at radius 2 is 0.982 bits per heavy atom. The van der Waals surface area contributed by atoms with Crippen LogP contribution in [0.25, 0.3) is 0 Å². The highest BCUT2D eigenvalue weighted by molar-refractivity contribution is 7.47. The van der Waals surface area contributed by atoms with Gasteiger partial charge in [0.25, 0.3) is 0 Å². The maximum Gasteiger partial charge on any atom is 0.472 e. The maximum atomic E-state index is 12.6. The van der Waals surface area contributed by atoms with Gasteiger partial charge in [-0.1, -0.05) is 159 Å². The number of carboxylic acid groups (broad SMARTS) is 1. The van der Waals surface area contributed by atoms with Gasteiger partial charge in [-0.15, -0.1) is 0 Å².